The molecule has 0 aliphatic carbocycles. The van der Waals surface area contributed by atoms with E-state index < -0.39 is 28.2 Å². The molecule has 1 fully saturated rings. The van der Waals surface area contributed by atoms with Crippen LogP contribution in [0.4, 0.5) is 0 Å². The smallest absolute Gasteiger partial charge is 0.342 e. The summed E-state index contributed by atoms with van der Waals surface area (Å²) in [5.41, 5.74) is 2.71. The van der Waals surface area contributed by atoms with Crippen LogP contribution in [-0.2, 0) is 25.9 Å². The molecule has 0 aromatic heterocycles. The lowest BCUT2D eigenvalue weighted by Crippen LogP contribution is -2.26. The van der Waals surface area contributed by atoms with Crippen molar-refractivity contribution in [2.24, 2.45) is 0 Å². The highest BCUT2D eigenvalue weighted by Gasteiger charge is 2.46. The molecule has 0 bridgehead atoms. The summed E-state index contributed by atoms with van der Waals surface area (Å²) in [7, 11) is 0.403. The van der Waals surface area contributed by atoms with E-state index in [1.165, 1.54) is 45.6 Å². The molecule has 0 saturated carbocycles. The van der Waals surface area contributed by atoms with Crippen LogP contribution in [0.15, 0.2) is 53.4 Å². The van der Waals surface area contributed by atoms with Gasteiger partial charge >= 0.3 is 5.97 Å². The van der Waals surface area contributed by atoms with Gasteiger partial charge in [0.15, 0.2) is 23.0 Å². The van der Waals surface area contributed by atoms with E-state index in [1.807, 2.05) is 18.2 Å². The van der Waals surface area contributed by atoms with E-state index in [9.17, 15) is 13.2 Å². The number of hydrogen-bond donors (Lipinski definition) is 1. The third-order valence-electron chi connectivity index (χ3n) is 6.69. The van der Waals surface area contributed by atoms with Gasteiger partial charge in [-0.2, -0.15) is 5.26 Å². The predicted molar refractivity (Wildman–Crippen MR) is 140 cm³/mol. The lowest BCUT2D eigenvalue weighted by atomic mass is 9.94. The summed E-state index contributed by atoms with van der Waals surface area (Å²) in [6.45, 7) is 0.163. The SMILES string of the molecule is COC(=O)c1c([C@@H]2O[C@H]2c2cc3c(cc2CCNS(=O)(=O)c2ccc(C#N)cc2)OCO3)ccc(OC)c1OC. The first kappa shape index (κ1) is 27.3. The van der Waals surface area contributed by atoms with Crippen molar-refractivity contribution >= 4 is 16.0 Å². The van der Waals surface area contributed by atoms with Gasteiger partial charge in [0.05, 0.1) is 37.9 Å². The van der Waals surface area contributed by atoms with Crippen molar-refractivity contribution in [3.63, 3.8) is 0 Å². The lowest BCUT2D eigenvalue weighted by molar-refractivity contribution is 0.0594. The Kier molecular flexibility index (Phi) is 7.53. The number of ether oxygens (including phenoxy) is 6. The Hall–Kier alpha value is -4.31. The van der Waals surface area contributed by atoms with Crippen LogP contribution >= 0.6 is 0 Å². The first-order valence-corrected chi connectivity index (χ1v) is 13.7. The second kappa shape index (κ2) is 11.1. The number of benzene rings is 3. The Labute approximate surface area is 231 Å². The molecule has 1 saturated heterocycles. The minimum Gasteiger partial charge on any atom is -0.493 e. The molecule has 2 atom stereocenters. The van der Waals surface area contributed by atoms with E-state index >= 15 is 0 Å². The average Bonchev–Trinajstić information content (AvgIpc) is 3.63. The van der Waals surface area contributed by atoms with E-state index in [2.05, 4.69) is 4.72 Å². The van der Waals surface area contributed by atoms with E-state index in [0.29, 0.717) is 34.8 Å². The fourth-order valence-corrected chi connectivity index (χ4v) is 5.70. The number of methoxy groups -OCH3 is 3. The molecule has 3 aromatic rings. The van der Waals surface area contributed by atoms with Gasteiger partial charge in [0.25, 0.3) is 0 Å². The molecule has 0 radical (unpaired) electrons. The molecule has 208 valence electrons. The number of nitrogens with one attached hydrogen (secondary N) is 1. The van der Waals surface area contributed by atoms with Crippen LogP contribution in [0.25, 0.3) is 0 Å². The molecule has 0 amide bonds. The quantitative estimate of drug-likeness (QED) is 0.286. The number of carbonyl (C=O) groups excluding carboxylic acids is 1. The van der Waals surface area contributed by atoms with Gasteiger partial charge in [-0.15, -0.1) is 0 Å². The van der Waals surface area contributed by atoms with Crippen LogP contribution in [0.1, 0.15) is 44.8 Å². The van der Waals surface area contributed by atoms with Gasteiger partial charge < -0.3 is 28.4 Å². The Balaban J connectivity index is 1.41. The second-order valence-corrected chi connectivity index (χ2v) is 10.7. The van der Waals surface area contributed by atoms with Gasteiger partial charge in [0, 0.05) is 12.1 Å². The van der Waals surface area contributed by atoms with Gasteiger partial charge in [0.1, 0.15) is 17.8 Å². The molecule has 12 heteroatoms. The topological polar surface area (TPSA) is 146 Å². The number of rotatable bonds is 10. The maximum atomic E-state index is 12.8. The number of epoxide rings is 1. The summed E-state index contributed by atoms with van der Waals surface area (Å²) >= 11 is 0. The molecule has 2 heterocycles. The number of nitriles is 1. The number of hydrogen-bond acceptors (Lipinski definition) is 10. The standard InChI is InChI=1S/C28H26N2O9S/c1-34-21-9-8-19(24(27(21)35-2)28(31)36-3)25-26(39-25)20-13-23-22(37-15-38-23)12-17(20)10-11-30-40(32,33)18-6-4-16(14-29)5-7-18/h4-9,12-13,25-26,30H,10-11,15H2,1-3H3/t25-,26-/m0/s1. The van der Waals surface area contributed by atoms with Gasteiger partial charge in [0.2, 0.25) is 16.8 Å². The highest BCUT2D eigenvalue weighted by Crippen LogP contribution is 2.56. The maximum Gasteiger partial charge on any atom is 0.342 e. The number of esters is 1. The number of sulfonamides is 1. The third kappa shape index (κ3) is 5.14. The predicted octanol–water partition coefficient (Wildman–Crippen LogP) is 3.42. The molecule has 40 heavy (non-hydrogen) atoms. The molecule has 2 aliphatic rings. The molecule has 2 aliphatic heterocycles. The van der Waals surface area contributed by atoms with Crippen LogP contribution in [-0.4, -0.2) is 49.1 Å². The largest absolute Gasteiger partial charge is 0.493 e. The Bertz CT molecular complexity index is 1600. The summed E-state index contributed by atoms with van der Waals surface area (Å²) < 4.78 is 61.2. The number of carbonyl (C=O) groups is 1. The lowest BCUT2D eigenvalue weighted by Gasteiger charge is -2.15. The van der Waals surface area contributed by atoms with Crippen molar-refractivity contribution in [2.45, 2.75) is 23.5 Å². The number of nitrogens with zero attached hydrogens (tertiary/aromatic N) is 1. The normalized spacial score (nSPS) is 17.1. The number of fused-ring (bicyclic) bond motifs is 1. The van der Waals surface area contributed by atoms with Gasteiger partial charge in [-0.1, -0.05) is 6.07 Å². The van der Waals surface area contributed by atoms with Crippen molar-refractivity contribution in [3.05, 3.63) is 76.3 Å². The molecule has 1 N–H and O–H groups in total. The summed E-state index contributed by atoms with van der Waals surface area (Å²) in [6, 6.07) is 14.7. The molecule has 0 unspecified atom stereocenters. The molecule has 5 rings (SSSR count). The summed E-state index contributed by atoms with van der Waals surface area (Å²) in [4.78, 5) is 12.8. The molecule has 11 nitrogen and oxygen atoms in total. The van der Waals surface area contributed by atoms with E-state index in [1.54, 1.807) is 12.1 Å². The first-order chi connectivity index (χ1) is 19.3. The van der Waals surface area contributed by atoms with Crippen LogP contribution in [0.3, 0.4) is 0 Å². The Morgan fingerprint density at radius 3 is 2.35 bits per heavy atom. The third-order valence-corrected chi connectivity index (χ3v) is 8.16. The minimum absolute atomic E-state index is 0.0618. The van der Waals surface area contributed by atoms with E-state index in [0.717, 1.165) is 11.1 Å². The highest BCUT2D eigenvalue weighted by molar-refractivity contribution is 7.89. The van der Waals surface area contributed by atoms with Crippen LogP contribution < -0.4 is 23.7 Å². The average molecular weight is 567 g/mol. The fraction of sp³-hybridized carbons (Fsp3) is 0.286. The van der Waals surface area contributed by atoms with E-state index in [4.69, 9.17) is 33.7 Å². The van der Waals surface area contributed by atoms with Crippen molar-refractivity contribution in [3.8, 4) is 29.1 Å². The first-order valence-electron chi connectivity index (χ1n) is 12.2. The zero-order valence-corrected chi connectivity index (χ0v) is 22.7. The molecule has 3 aromatic carbocycles. The van der Waals surface area contributed by atoms with Crippen LogP contribution in [0.5, 0.6) is 23.0 Å². The van der Waals surface area contributed by atoms with Gasteiger partial charge in [-0.25, -0.2) is 17.9 Å². The van der Waals surface area contributed by atoms with Gasteiger partial charge in [-0.05, 0) is 60.0 Å². The Morgan fingerprint density at radius 2 is 1.70 bits per heavy atom. The summed E-state index contributed by atoms with van der Waals surface area (Å²) in [6.07, 6.45) is -0.617. The summed E-state index contributed by atoms with van der Waals surface area (Å²) in [5.74, 6) is 1.12. The zero-order valence-electron chi connectivity index (χ0n) is 21.9. The van der Waals surface area contributed by atoms with Gasteiger partial charge in [-0.3, -0.25) is 0 Å². The molecule has 0 spiro atoms. The Morgan fingerprint density at radius 1 is 1.00 bits per heavy atom. The molecular formula is C28H26N2O9S. The monoisotopic (exact) mass is 566 g/mol. The maximum absolute atomic E-state index is 12.8. The summed E-state index contributed by atoms with van der Waals surface area (Å²) in [5, 5.41) is 8.96. The molecular weight excluding hydrogens is 540 g/mol. The second-order valence-electron chi connectivity index (χ2n) is 8.92. The van der Waals surface area contributed by atoms with E-state index in [-0.39, 0.29) is 29.5 Å². The highest BCUT2D eigenvalue weighted by atomic mass is 32.2. The van der Waals surface area contributed by atoms with Crippen molar-refractivity contribution in [1.82, 2.24) is 4.72 Å². The zero-order chi connectivity index (χ0) is 28.4. The fourth-order valence-electron chi connectivity index (χ4n) is 4.67. The van der Waals surface area contributed by atoms with Crippen LogP contribution in [0.2, 0.25) is 0 Å². The van der Waals surface area contributed by atoms with Crippen molar-refractivity contribution in [2.75, 3.05) is 34.7 Å². The van der Waals surface area contributed by atoms with Crippen molar-refractivity contribution in [1.29, 1.82) is 5.26 Å². The minimum atomic E-state index is -3.79. The van der Waals surface area contributed by atoms with Crippen LogP contribution in [0, 0.1) is 11.3 Å². The van der Waals surface area contributed by atoms with Crippen molar-refractivity contribution < 1.29 is 41.6 Å².